The van der Waals surface area contributed by atoms with Crippen molar-refractivity contribution in [3.05, 3.63) is 0 Å². The third-order valence-corrected chi connectivity index (χ3v) is 4.63. The van der Waals surface area contributed by atoms with Crippen LogP contribution in [-0.2, 0) is 9.53 Å². The van der Waals surface area contributed by atoms with Gasteiger partial charge in [0.2, 0.25) is 0 Å². The maximum atomic E-state index is 12.4. The van der Waals surface area contributed by atoms with Gasteiger partial charge in [-0.15, -0.1) is 0 Å². The van der Waals surface area contributed by atoms with Crippen LogP contribution in [0.25, 0.3) is 0 Å². The molecule has 1 atom stereocenters. The molecule has 0 aromatic heterocycles. The summed E-state index contributed by atoms with van der Waals surface area (Å²) in [6, 6.07) is 0.361. The summed E-state index contributed by atoms with van der Waals surface area (Å²) in [5, 5.41) is 3.55. The van der Waals surface area contributed by atoms with Crippen molar-refractivity contribution in [2.24, 2.45) is 11.8 Å². The SMILES string of the molecule is CCOC(=O)C1(NC(C)CC)CCC(C(C)C)CC1. The van der Waals surface area contributed by atoms with Gasteiger partial charge in [0.15, 0.2) is 0 Å². The number of nitrogens with one attached hydrogen (secondary N) is 1. The lowest BCUT2D eigenvalue weighted by molar-refractivity contribution is -0.154. The molecule has 1 N–H and O–H groups in total. The van der Waals surface area contributed by atoms with Gasteiger partial charge in [0, 0.05) is 6.04 Å². The molecule has 3 nitrogen and oxygen atoms in total. The van der Waals surface area contributed by atoms with Gasteiger partial charge in [-0.25, -0.2) is 0 Å². The van der Waals surface area contributed by atoms with Crippen LogP contribution >= 0.6 is 0 Å². The minimum Gasteiger partial charge on any atom is -0.465 e. The molecule has 0 heterocycles. The number of ether oxygens (including phenoxy) is 1. The summed E-state index contributed by atoms with van der Waals surface area (Å²) in [6.07, 6.45) is 5.12. The van der Waals surface area contributed by atoms with Gasteiger partial charge >= 0.3 is 5.97 Å². The highest BCUT2D eigenvalue weighted by atomic mass is 16.5. The van der Waals surface area contributed by atoms with Crippen molar-refractivity contribution < 1.29 is 9.53 Å². The molecule has 3 heteroatoms. The zero-order chi connectivity index (χ0) is 14.5. The Hall–Kier alpha value is -0.570. The molecule has 19 heavy (non-hydrogen) atoms. The Morgan fingerprint density at radius 3 is 2.26 bits per heavy atom. The van der Waals surface area contributed by atoms with E-state index in [9.17, 15) is 4.79 Å². The van der Waals surface area contributed by atoms with E-state index in [1.165, 1.54) is 0 Å². The Morgan fingerprint density at radius 2 is 1.84 bits per heavy atom. The molecule has 0 saturated heterocycles. The summed E-state index contributed by atoms with van der Waals surface area (Å²) in [7, 11) is 0. The highest BCUT2D eigenvalue weighted by Crippen LogP contribution is 2.37. The summed E-state index contributed by atoms with van der Waals surface area (Å²) < 4.78 is 5.32. The zero-order valence-corrected chi connectivity index (χ0v) is 13.3. The smallest absolute Gasteiger partial charge is 0.326 e. The minimum absolute atomic E-state index is 0.0440. The lowest BCUT2D eigenvalue weighted by atomic mass is 9.72. The second-order valence-corrected chi connectivity index (χ2v) is 6.34. The van der Waals surface area contributed by atoms with E-state index in [4.69, 9.17) is 4.74 Å². The minimum atomic E-state index is -0.434. The molecule has 0 bridgehead atoms. The van der Waals surface area contributed by atoms with Crippen molar-refractivity contribution in [1.29, 1.82) is 0 Å². The number of hydrogen-bond donors (Lipinski definition) is 1. The standard InChI is InChI=1S/C16H31NO2/c1-6-13(5)17-16(15(18)19-7-2)10-8-14(9-11-16)12(3)4/h12-14,17H,6-11H2,1-5H3. The van der Waals surface area contributed by atoms with Gasteiger partial charge < -0.3 is 4.74 Å². The zero-order valence-electron chi connectivity index (χ0n) is 13.3. The predicted octanol–water partition coefficient (Wildman–Crippen LogP) is 3.52. The monoisotopic (exact) mass is 269 g/mol. The third kappa shape index (κ3) is 4.20. The fourth-order valence-corrected chi connectivity index (χ4v) is 3.05. The number of carbonyl (C=O) groups excluding carboxylic acids is 1. The van der Waals surface area contributed by atoms with Crippen LogP contribution < -0.4 is 5.32 Å². The highest BCUT2D eigenvalue weighted by molar-refractivity contribution is 5.81. The quantitative estimate of drug-likeness (QED) is 0.750. The molecule has 112 valence electrons. The van der Waals surface area contributed by atoms with Crippen LogP contribution in [0.2, 0.25) is 0 Å². The van der Waals surface area contributed by atoms with Crippen LogP contribution in [0.5, 0.6) is 0 Å². The predicted molar refractivity (Wildman–Crippen MR) is 79.0 cm³/mol. The Kier molecular flexibility index (Phi) is 6.31. The number of rotatable bonds is 6. The van der Waals surface area contributed by atoms with E-state index in [2.05, 4.69) is 33.0 Å². The second-order valence-electron chi connectivity index (χ2n) is 6.34. The van der Waals surface area contributed by atoms with Crippen molar-refractivity contribution in [3.63, 3.8) is 0 Å². The molecule has 0 aromatic carbocycles. The number of carbonyl (C=O) groups is 1. The van der Waals surface area contributed by atoms with E-state index >= 15 is 0 Å². The molecule has 1 saturated carbocycles. The summed E-state index contributed by atoms with van der Waals surface area (Å²) in [5.74, 6) is 1.42. The highest BCUT2D eigenvalue weighted by Gasteiger charge is 2.43. The lowest BCUT2D eigenvalue weighted by Gasteiger charge is -2.41. The van der Waals surface area contributed by atoms with Crippen molar-refractivity contribution >= 4 is 5.97 Å². The van der Waals surface area contributed by atoms with Gasteiger partial charge in [0.1, 0.15) is 5.54 Å². The van der Waals surface area contributed by atoms with Gasteiger partial charge in [-0.05, 0) is 57.8 Å². The maximum Gasteiger partial charge on any atom is 0.326 e. The topological polar surface area (TPSA) is 38.3 Å². The summed E-state index contributed by atoms with van der Waals surface area (Å²) >= 11 is 0. The first-order chi connectivity index (χ1) is 8.95. The fourth-order valence-electron chi connectivity index (χ4n) is 3.05. The van der Waals surface area contributed by atoms with Crippen molar-refractivity contribution in [2.75, 3.05) is 6.61 Å². The summed E-state index contributed by atoms with van der Waals surface area (Å²) in [4.78, 5) is 12.4. The van der Waals surface area contributed by atoms with E-state index in [0.29, 0.717) is 18.6 Å². The van der Waals surface area contributed by atoms with Gasteiger partial charge in [0.25, 0.3) is 0 Å². The summed E-state index contributed by atoms with van der Waals surface area (Å²) in [6.45, 7) is 11.2. The van der Waals surface area contributed by atoms with Crippen LogP contribution in [0, 0.1) is 11.8 Å². The first-order valence-corrected chi connectivity index (χ1v) is 7.90. The maximum absolute atomic E-state index is 12.4. The van der Waals surface area contributed by atoms with E-state index in [1.54, 1.807) is 0 Å². The lowest BCUT2D eigenvalue weighted by Crippen LogP contribution is -2.57. The van der Waals surface area contributed by atoms with Gasteiger partial charge in [-0.2, -0.15) is 0 Å². The van der Waals surface area contributed by atoms with E-state index in [0.717, 1.165) is 38.0 Å². The first-order valence-electron chi connectivity index (χ1n) is 7.90. The molecule has 1 unspecified atom stereocenters. The fraction of sp³-hybridized carbons (Fsp3) is 0.938. The van der Waals surface area contributed by atoms with Crippen LogP contribution in [0.15, 0.2) is 0 Å². The molecule has 0 radical (unpaired) electrons. The molecule has 0 amide bonds. The average Bonchev–Trinajstić information content (AvgIpc) is 2.39. The van der Waals surface area contributed by atoms with E-state index in [1.807, 2.05) is 6.92 Å². The van der Waals surface area contributed by atoms with E-state index in [-0.39, 0.29) is 5.97 Å². The molecule has 1 aliphatic rings. The normalized spacial score (nSPS) is 29.3. The Morgan fingerprint density at radius 1 is 1.26 bits per heavy atom. The molecular formula is C16H31NO2. The van der Waals surface area contributed by atoms with Crippen LogP contribution in [-0.4, -0.2) is 24.2 Å². The van der Waals surface area contributed by atoms with Gasteiger partial charge in [-0.3, -0.25) is 10.1 Å². The molecule has 0 spiro atoms. The largest absolute Gasteiger partial charge is 0.465 e. The van der Waals surface area contributed by atoms with Crippen molar-refractivity contribution in [3.8, 4) is 0 Å². The Balaban J connectivity index is 2.75. The average molecular weight is 269 g/mol. The number of esters is 1. The second kappa shape index (κ2) is 7.28. The third-order valence-electron chi connectivity index (χ3n) is 4.63. The van der Waals surface area contributed by atoms with Crippen LogP contribution in [0.1, 0.15) is 66.7 Å². The molecule has 1 fully saturated rings. The van der Waals surface area contributed by atoms with Gasteiger partial charge in [0.05, 0.1) is 6.61 Å². The van der Waals surface area contributed by atoms with E-state index < -0.39 is 5.54 Å². The van der Waals surface area contributed by atoms with Crippen LogP contribution in [0.3, 0.4) is 0 Å². The van der Waals surface area contributed by atoms with Crippen molar-refractivity contribution in [2.45, 2.75) is 78.3 Å². The molecule has 0 aromatic rings. The summed E-state index contributed by atoms with van der Waals surface area (Å²) in [5.41, 5.74) is -0.434. The first kappa shape index (κ1) is 16.5. The molecule has 0 aliphatic heterocycles. The van der Waals surface area contributed by atoms with Crippen molar-refractivity contribution in [1.82, 2.24) is 5.32 Å². The van der Waals surface area contributed by atoms with Crippen LogP contribution in [0.4, 0.5) is 0 Å². The number of hydrogen-bond acceptors (Lipinski definition) is 3. The molecule has 1 rings (SSSR count). The molecular weight excluding hydrogens is 238 g/mol. The Labute approximate surface area is 118 Å². The molecule has 1 aliphatic carbocycles. The van der Waals surface area contributed by atoms with Gasteiger partial charge in [-0.1, -0.05) is 20.8 Å². The Bertz CT molecular complexity index is 280.